The van der Waals surface area contributed by atoms with Crippen LogP contribution < -0.4 is 61.9 Å². The van der Waals surface area contributed by atoms with Gasteiger partial charge in [0.1, 0.15) is 23.0 Å². The average Bonchev–Trinajstić information content (AvgIpc) is 3.67. The fourth-order valence-corrected chi connectivity index (χ4v) is 14.1. The van der Waals surface area contributed by atoms with Crippen LogP contribution >= 0.6 is 0 Å². The van der Waals surface area contributed by atoms with Gasteiger partial charge in [-0.05, 0) is 164 Å². The van der Waals surface area contributed by atoms with Gasteiger partial charge in [0.15, 0.2) is 0 Å². The highest BCUT2D eigenvalue weighted by atomic mass is 16.5. The zero-order chi connectivity index (χ0) is 50.7. The van der Waals surface area contributed by atoms with Crippen molar-refractivity contribution in [3.63, 3.8) is 0 Å². The number of para-hydroxylation sites is 4. The molecule has 6 heterocycles. The molecule has 0 N–H and O–H groups in total. The number of anilines is 12. The van der Waals surface area contributed by atoms with E-state index in [0.717, 1.165) is 135 Å². The van der Waals surface area contributed by atoms with Gasteiger partial charge in [0.25, 0.3) is 13.4 Å². The van der Waals surface area contributed by atoms with E-state index in [2.05, 4.69) is 274 Å². The molecule has 0 aromatic heterocycles. The molecule has 0 saturated heterocycles. The molecule has 8 heteroatoms. The standard InChI is InChI=1S/C70H42B2N4O2/c1-7-21-43(22-8-1)45-37-55-63-57(39-45)75(49-29-15-5-16-30-49)69-51-41-62-68-70(52(51)42-61-67(69)71(63)65-53(33-19-35-59(65)77-61)73(55)47-25-11-3-12-26-47)76(50-31-17-6-18-32-50)58-40-46(44-23-9-2-10-24-44)38-56-64(58)72(68)66-54(34-20-36-60(66)78-62)74(56)48-27-13-4-14-28-48/h1-42H. The van der Waals surface area contributed by atoms with Gasteiger partial charge in [-0.1, -0.05) is 146 Å². The quantitative estimate of drug-likeness (QED) is 0.154. The highest BCUT2D eigenvalue weighted by Crippen LogP contribution is 2.56. The van der Waals surface area contributed by atoms with E-state index in [1.54, 1.807) is 0 Å². The lowest BCUT2D eigenvalue weighted by atomic mass is 9.31. The third-order valence-corrected chi connectivity index (χ3v) is 17.1. The van der Waals surface area contributed by atoms with Crippen LogP contribution in [0.1, 0.15) is 0 Å². The molecular formula is C70H42B2N4O2. The lowest BCUT2D eigenvalue weighted by Crippen LogP contribution is -2.64. The van der Waals surface area contributed by atoms with Crippen LogP contribution in [0, 0.1) is 0 Å². The van der Waals surface area contributed by atoms with Crippen molar-refractivity contribution in [1.82, 2.24) is 0 Å². The summed E-state index contributed by atoms with van der Waals surface area (Å²) in [4.78, 5) is 9.99. The largest absolute Gasteiger partial charge is 0.458 e. The second-order valence-electron chi connectivity index (χ2n) is 21.1. The van der Waals surface area contributed by atoms with Crippen molar-refractivity contribution < 1.29 is 9.47 Å². The van der Waals surface area contributed by atoms with Crippen LogP contribution in [-0.4, -0.2) is 13.4 Å². The second-order valence-corrected chi connectivity index (χ2v) is 21.1. The van der Waals surface area contributed by atoms with Gasteiger partial charge in [0.2, 0.25) is 0 Å². The summed E-state index contributed by atoms with van der Waals surface area (Å²) in [6.45, 7) is -0.287. The number of fused-ring (bicyclic) bond motifs is 3. The van der Waals surface area contributed by atoms with E-state index in [1.165, 1.54) is 21.9 Å². The molecule has 18 rings (SSSR count). The van der Waals surface area contributed by atoms with E-state index >= 15 is 0 Å². The molecule has 12 aromatic rings. The summed E-state index contributed by atoms with van der Waals surface area (Å²) in [5.41, 5.74) is 25.1. The predicted octanol–water partition coefficient (Wildman–Crippen LogP) is 14.6. The van der Waals surface area contributed by atoms with Crippen molar-refractivity contribution >= 4 is 125 Å². The Bertz CT molecular complexity index is 4240. The molecule has 0 aliphatic carbocycles. The first-order valence-corrected chi connectivity index (χ1v) is 26.9. The Labute approximate surface area is 452 Å². The minimum absolute atomic E-state index is 0.144. The van der Waals surface area contributed by atoms with Crippen LogP contribution in [-0.2, 0) is 0 Å². The van der Waals surface area contributed by atoms with Crippen molar-refractivity contribution in [2.24, 2.45) is 0 Å². The molecule has 78 heavy (non-hydrogen) atoms. The highest BCUT2D eigenvalue weighted by molar-refractivity contribution is 7.03. The summed E-state index contributed by atoms with van der Waals surface area (Å²) >= 11 is 0. The summed E-state index contributed by atoms with van der Waals surface area (Å²) in [5, 5.41) is 2.17. The first kappa shape index (κ1) is 42.1. The molecule has 0 bridgehead atoms. The minimum Gasteiger partial charge on any atom is -0.458 e. The second kappa shape index (κ2) is 15.7. The molecule has 0 fully saturated rings. The number of hydrogen-bond acceptors (Lipinski definition) is 6. The van der Waals surface area contributed by atoms with Gasteiger partial charge in [-0.25, -0.2) is 0 Å². The molecular weight excluding hydrogens is 950 g/mol. The maximum Gasteiger partial charge on any atom is 0.261 e. The van der Waals surface area contributed by atoms with Gasteiger partial charge in [-0.3, -0.25) is 0 Å². The summed E-state index contributed by atoms with van der Waals surface area (Å²) in [7, 11) is 0. The predicted molar refractivity (Wildman–Crippen MR) is 323 cm³/mol. The molecule has 0 spiro atoms. The van der Waals surface area contributed by atoms with Gasteiger partial charge < -0.3 is 29.1 Å². The van der Waals surface area contributed by atoms with Crippen LogP contribution in [0.3, 0.4) is 0 Å². The van der Waals surface area contributed by atoms with Crippen LogP contribution in [0.15, 0.2) is 255 Å². The summed E-state index contributed by atoms with van der Waals surface area (Å²) in [6, 6.07) is 92.9. The number of benzene rings is 12. The van der Waals surface area contributed by atoms with Crippen molar-refractivity contribution in [1.29, 1.82) is 0 Å². The zero-order valence-electron chi connectivity index (χ0n) is 42.0. The van der Waals surface area contributed by atoms with Gasteiger partial charge in [0, 0.05) is 67.6 Å². The molecule has 0 saturated carbocycles. The van der Waals surface area contributed by atoms with E-state index in [4.69, 9.17) is 9.47 Å². The Balaban J connectivity index is 0.998. The van der Waals surface area contributed by atoms with Gasteiger partial charge in [-0.2, -0.15) is 0 Å². The smallest absolute Gasteiger partial charge is 0.261 e. The summed E-state index contributed by atoms with van der Waals surface area (Å²) in [5.74, 6) is 3.46. The van der Waals surface area contributed by atoms with Crippen molar-refractivity contribution in [3.8, 4) is 45.3 Å². The molecule has 0 radical (unpaired) electrons. The minimum atomic E-state index is -0.144. The first-order valence-electron chi connectivity index (χ1n) is 26.9. The molecule has 0 unspecified atom stereocenters. The van der Waals surface area contributed by atoms with Gasteiger partial charge in [-0.15, -0.1) is 0 Å². The molecule has 0 atom stereocenters. The Morgan fingerprint density at radius 3 is 0.910 bits per heavy atom. The molecule has 6 nitrogen and oxygen atoms in total. The van der Waals surface area contributed by atoms with Crippen LogP contribution in [0.2, 0.25) is 0 Å². The zero-order valence-corrected chi connectivity index (χ0v) is 42.0. The summed E-state index contributed by atoms with van der Waals surface area (Å²) in [6.07, 6.45) is 0. The lowest BCUT2D eigenvalue weighted by molar-refractivity contribution is 0.486. The maximum absolute atomic E-state index is 7.53. The van der Waals surface area contributed by atoms with Gasteiger partial charge >= 0.3 is 0 Å². The maximum atomic E-state index is 7.53. The topological polar surface area (TPSA) is 31.4 Å². The first-order chi connectivity index (χ1) is 38.7. The SMILES string of the molecule is c1ccc(-c2cc3c4c(c2)N(c2ccccc2)c2c5c(cc6c7c8c(cc26)Oc2cccc6c2B8c2c(cc(-c8ccccc8)cc2N7c2ccccc2)N6c2ccccc2)Oc2cccc(c2B45)N3c2ccccc2)cc1. The molecule has 12 aromatic carbocycles. The number of nitrogens with zero attached hydrogens (tertiary/aromatic N) is 4. The van der Waals surface area contributed by atoms with E-state index in [1.807, 2.05) is 0 Å². The van der Waals surface area contributed by atoms with E-state index in [0.29, 0.717) is 0 Å². The van der Waals surface area contributed by atoms with Crippen molar-refractivity contribution in [3.05, 3.63) is 255 Å². The third kappa shape index (κ3) is 5.62. The van der Waals surface area contributed by atoms with E-state index in [9.17, 15) is 0 Å². The third-order valence-electron chi connectivity index (χ3n) is 17.1. The van der Waals surface area contributed by atoms with Crippen LogP contribution in [0.25, 0.3) is 33.0 Å². The summed E-state index contributed by atoms with van der Waals surface area (Å²) < 4.78 is 15.1. The highest BCUT2D eigenvalue weighted by Gasteiger charge is 2.53. The van der Waals surface area contributed by atoms with Crippen LogP contribution in [0.4, 0.5) is 68.2 Å². The molecule has 0 amide bonds. The molecule has 6 aliphatic heterocycles. The van der Waals surface area contributed by atoms with Gasteiger partial charge in [0.05, 0.1) is 11.4 Å². The normalized spacial score (nSPS) is 13.9. The Morgan fingerprint density at radius 2 is 0.551 bits per heavy atom. The fraction of sp³-hybridized carbons (Fsp3) is 0. The Kier molecular flexibility index (Phi) is 8.47. The Morgan fingerprint density at radius 1 is 0.231 bits per heavy atom. The Hall–Kier alpha value is -10.2. The molecule has 360 valence electrons. The van der Waals surface area contributed by atoms with E-state index in [-0.39, 0.29) is 13.4 Å². The number of hydrogen-bond donors (Lipinski definition) is 0. The van der Waals surface area contributed by atoms with E-state index < -0.39 is 0 Å². The lowest BCUT2D eigenvalue weighted by Gasteiger charge is -2.48. The average molecular weight is 993 g/mol. The van der Waals surface area contributed by atoms with Crippen molar-refractivity contribution in [2.75, 3.05) is 19.6 Å². The molecule has 6 aliphatic rings. The monoisotopic (exact) mass is 992 g/mol. The fourth-order valence-electron chi connectivity index (χ4n) is 14.1. The number of rotatable bonds is 6. The number of ether oxygens (including phenoxy) is 2. The van der Waals surface area contributed by atoms with Crippen LogP contribution in [0.5, 0.6) is 23.0 Å². The van der Waals surface area contributed by atoms with Crippen molar-refractivity contribution in [2.45, 2.75) is 0 Å².